The number of ether oxygens (including phenoxy) is 2. The Labute approximate surface area is 119 Å². The molecule has 0 aliphatic carbocycles. The number of esters is 2. The highest BCUT2D eigenvalue weighted by atomic mass is 16.7. The molecule has 4 nitrogen and oxygen atoms in total. The molecule has 0 N–H and O–H groups in total. The molecule has 0 radical (unpaired) electrons. The van der Waals surface area contributed by atoms with Gasteiger partial charge in [0.05, 0.1) is 0 Å². The molecule has 0 atom stereocenters. The number of hydrogen-bond acceptors (Lipinski definition) is 4. The third kappa shape index (κ3) is 5.26. The van der Waals surface area contributed by atoms with Gasteiger partial charge in [-0.25, -0.2) is 0 Å². The molecular formula is C16H20O4. The third-order valence-electron chi connectivity index (χ3n) is 2.65. The summed E-state index contributed by atoms with van der Waals surface area (Å²) in [6.45, 7) is 6.49. The van der Waals surface area contributed by atoms with Gasteiger partial charge >= 0.3 is 11.9 Å². The third-order valence-corrected chi connectivity index (χ3v) is 2.65. The van der Waals surface area contributed by atoms with Gasteiger partial charge in [0.1, 0.15) is 0 Å². The quantitative estimate of drug-likeness (QED) is 0.612. The largest absolute Gasteiger partial charge is 0.421 e. The summed E-state index contributed by atoms with van der Waals surface area (Å²) < 4.78 is 10.1. The topological polar surface area (TPSA) is 52.6 Å². The number of rotatable bonds is 5. The summed E-state index contributed by atoms with van der Waals surface area (Å²) >= 11 is 0. The SMILES string of the molecule is CC/C(=C\c1cccc(C)c1)C(OC(C)=O)OC(C)=O. The molecular weight excluding hydrogens is 256 g/mol. The average Bonchev–Trinajstić information content (AvgIpc) is 2.34. The normalized spacial score (nSPS) is 11.3. The first kappa shape index (κ1) is 16.0. The highest BCUT2D eigenvalue weighted by Crippen LogP contribution is 2.18. The first-order valence-corrected chi connectivity index (χ1v) is 6.54. The van der Waals surface area contributed by atoms with Crippen LogP contribution >= 0.6 is 0 Å². The maximum absolute atomic E-state index is 11.1. The Morgan fingerprint density at radius 1 is 1.20 bits per heavy atom. The van der Waals surface area contributed by atoms with Crippen molar-refractivity contribution in [2.45, 2.75) is 40.4 Å². The lowest BCUT2D eigenvalue weighted by Crippen LogP contribution is -2.24. The van der Waals surface area contributed by atoms with E-state index in [4.69, 9.17) is 9.47 Å². The molecule has 0 unspecified atom stereocenters. The van der Waals surface area contributed by atoms with Gasteiger partial charge in [-0.1, -0.05) is 36.8 Å². The number of aryl methyl sites for hydroxylation is 1. The zero-order valence-corrected chi connectivity index (χ0v) is 12.3. The van der Waals surface area contributed by atoms with Crippen molar-refractivity contribution in [3.63, 3.8) is 0 Å². The summed E-state index contributed by atoms with van der Waals surface area (Å²) in [5.74, 6) is -0.973. The van der Waals surface area contributed by atoms with Crippen LogP contribution in [0.2, 0.25) is 0 Å². The van der Waals surface area contributed by atoms with E-state index in [0.717, 1.165) is 16.7 Å². The molecule has 0 amide bonds. The Hall–Kier alpha value is -2.10. The van der Waals surface area contributed by atoms with E-state index in [-0.39, 0.29) is 0 Å². The zero-order valence-electron chi connectivity index (χ0n) is 12.3. The number of benzene rings is 1. The Morgan fingerprint density at radius 3 is 2.25 bits per heavy atom. The van der Waals surface area contributed by atoms with Crippen LogP contribution in [0.4, 0.5) is 0 Å². The fraction of sp³-hybridized carbons (Fsp3) is 0.375. The highest BCUT2D eigenvalue weighted by Gasteiger charge is 2.19. The van der Waals surface area contributed by atoms with Crippen molar-refractivity contribution in [2.75, 3.05) is 0 Å². The van der Waals surface area contributed by atoms with Crippen LogP contribution < -0.4 is 0 Å². The van der Waals surface area contributed by atoms with Crippen LogP contribution in [-0.2, 0) is 19.1 Å². The molecule has 1 aromatic rings. The molecule has 0 aliphatic heterocycles. The minimum atomic E-state index is -0.962. The molecule has 0 saturated heterocycles. The van der Waals surface area contributed by atoms with E-state index in [1.165, 1.54) is 13.8 Å². The fourth-order valence-electron chi connectivity index (χ4n) is 1.79. The zero-order chi connectivity index (χ0) is 15.1. The second kappa shape index (κ2) is 7.48. The Bertz CT molecular complexity index is 501. The minimum absolute atomic E-state index is 0.486. The lowest BCUT2D eigenvalue weighted by atomic mass is 10.1. The van der Waals surface area contributed by atoms with Crippen LogP contribution in [0.25, 0.3) is 6.08 Å². The van der Waals surface area contributed by atoms with Gasteiger partial charge in [-0.2, -0.15) is 0 Å². The number of carbonyl (C=O) groups is 2. The number of hydrogen-bond donors (Lipinski definition) is 0. The smallest absolute Gasteiger partial charge is 0.305 e. The molecule has 0 fully saturated rings. The van der Waals surface area contributed by atoms with Gasteiger partial charge in [-0.05, 0) is 25.0 Å². The van der Waals surface area contributed by atoms with Gasteiger partial charge in [0.2, 0.25) is 0 Å². The second-order valence-electron chi connectivity index (χ2n) is 4.54. The van der Waals surface area contributed by atoms with Crippen LogP contribution in [0.1, 0.15) is 38.3 Å². The molecule has 0 spiro atoms. The second-order valence-corrected chi connectivity index (χ2v) is 4.54. The van der Waals surface area contributed by atoms with E-state index in [1.807, 2.05) is 44.2 Å². The maximum atomic E-state index is 11.1. The molecule has 1 aromatic carbocycles. The van der Waals surface area contributed by atoms with Gasteiger partial charge in [-0.3, -0.25) is 9.59 Å². The molecule has 4 heteroatoms. The molecule has 0 aromatic heterocycles. The number of carbonyl (C=O) groups excluding carboxylic acids is 2. The first-order valence-electron chi connectivity index (χ1n) is 6.54. The molecule has 0 saturated carbocycles. The minimum Gasteiger partial charge on any atom is -0.421 e. The Kier molecular flexibility index (Phi) is 5.97. The van der Waals surface area contributed by atoms with Crippen LogP contribution in [0.15, 0.2) is 29.8 Å². The average molecular weight is 276 g/mol. The predicted octanol–water partition coefficient (Wildman–Crippen LogP) is 3.24. The molecule has 20 heavy (non-hydrogen) atoms. The van der Waals surface area contributed by atoms with Gasteiger partial charge in [0.25, 0.3) is 6.29 Å². The van der Waals surface area contributed by atoms with Gasteiger partial charge in [-0.15, -0.1) is 0 Å². The van der Waals surface area contributed by atoms with E-state index in [1.54, 1.807) is 0 Å². The molecule has 0 heterocycles. The summed E-state index contributed by atoms with van der Waals surface area (Å²) in [6, 6.07) is 7.90. The van der Waals surface area contributed by atoms with Crippen molar-refractivity contribution >= 4 is 18.0 Å². The lowest BCUT2D eigenvalue weighted by molar-refractivity contribution is -0.178. The highest BCUT2D eigenvalue weighted by molar-refractivity contribution is 5.69. The van der Waals surface area contributed by atoms with Crippen LogP contribution in [0.5, 0.6) is 0 Å². The van der Waals surface area contributed by atoms with Crippen molar-refractivity contribution in [3.8, 4) is 0 Å². The van der Waals surface area contributed by atoms with Crippen LogP contribution in [0.3, 0.4) is 0 Å². The van der Waals surface area contributed by atoms with Gasteiger partial charge in [0.15, 0.2) is 0 Å². The van der Waals surface area contributed by atoms with Crippen molar-refractivity contribution in [1.29, 1.82) is 0 Å². The Morgan fingerprint density at radius 2 is 1.80 bits per heavy atom. The van der Waals surface area contributed by atoms with E-state index in [2.05, 4.69) is 0 Å². The summed E-state index contributed by atoms with van der Waals surface area (Å²) in [7, 11) is 0. The molecule has 108 valence electrons. The standard InChI is InChI=1S/C16H20O4/c1-5-15(10-14-8-6-7-11(2)9-14)16(19-12(3)17)20-13(4)18/h6-10,16H,5H2,1-4H3/b15-10+. The predicted molar refractivity (Wildman–Crippen MR) is 76.8 cm³/mol. The van der Waals surface area contributed by atoms with Gasteiger partial charge < -0.3 is 9.47 Å². The monoisotopic (exact) mass is 276 g/mol. The lowest BCUT2D eigenvalue weighted by Gasteiger charge is -2.19. The maximum Gasteiger partial charge on any atom is 0.305 e. The summed E-state index contributed by atoms with van der Waals surface area (Å²) in [5.41, 5.74) is 2.85. The molecule has 0 aliphatic rings. The van der Waals surface area contributed by atoms with E-state index in [9.17, 15) is 9.59 Å². The fourth-order valence-corrected chi connectivity index (χ4v) is 1.79. The van der Waals surface area contributed by atoms with Crippen LogP contribution in [0, 0.1) is 6.92 Å². The van der Waals surface area contributed by atoms with Crippen molar-refractivity contribution < 1.29 is 19.1 Å². The summed E-state index contributed by atoms with van der Waals surface area (Å²) in [4.78, 5) is 22.2. The van der Waals surface area contributed by atoms with Gasteiger partial charge in [0, 0.05) is 19.4 Å². The van der Waals surface area contributed by atoms with Crippen LogP contribution in [-0.4, -0.2) is 18.2 Å². The Balaban J connectivity index is 3.04. The first-order chi connectivity index (χ1) is 9.42. The molecule has 1 rings (SSSR count). The van der Waals surface area contributed by atoms with E-state index in [0.29, 0.717) is 6.42 Å². The molecule has 0 bridgehead atoms. The van der Waals surface area contributed by atoms with Crippen molar-refractivity contribution in [3.05, 3.63) is 41.0 Å². The van der Waals surface area contributed by atoms with Crippen molar-refractivity contribution in [2.24, 2.45) is 0 Å². The summed E-state index contributed by atoms with van der Waals surface area (Å²) in [6.07, 6.45) is 1.53. The van der Waals surface area contributed by atoms with E-state index < -0.39 is 18.2 Å². The van der Waals surface area contributed by atoms with Crippen molar-refractivity contribution in [1.82, 2.24) is 0 Å². The summed E-state index contributed by atoms with van der Waals surface area (Å²) in [5, 5.41) is 0. The van der Waals surface area contributed by atoms with E-state index >= 15 is 0 Å².